The molecule has 2 N–H and O–H groups in total. The summed E-state index contributed by atoms with van der Waals surface area (Å²) < 4.78 is 24.0. The Labute approximate surface area is 47.3 Å². The molecule has 0 fully saturated rings. The molecule has 0 aliphatic rings. The minimum atomic E-state index is -3.83. The average Bonchev–Trinajstić information content (AvgIpc) is 0.722. The molecule has 0 aromatic carbocycles. The maximum atomic E-state index is 9.11. The summed E-state index contributed by atoms with van der Waals surface area (Å²) >= 11 is 3.47. The van der Waals surface area contributed by atoms with Crippen molar-refractivity contribution in [3.05, 3.63) is 0 Å². The van der Waals surface area contributed by atoms with Crippen molar-refractivity contribution in [1.29, 1.82) is 0 Å². The maximum Gasteiger partial charge on any atom is 2.00 e. The molecule has 0 heterocycles. The van der Waals surface area contributed by atoms with E-state index in [4.69, 9.17) is 13.3 Å². The van der Waals surface area contributed by atoms with Gasteiger partial charge in [-0.3, -0.25) is 9.11 Å². The summed E-state index contributed by atoms with van der Waals surface area (Å²) in [5, 5.41) is 0. The summed E-state index contributed by atoms with van der Waals surface area (Å²) in [6.07, 6.45) is 0. The van der Waals surface area contributed by atoms with Crippen LogP contribution >= 0.6 is 0 Å². The van der Waals surface area contributed by atoms with Gasteiger partial charge >= 0.3 is 10.1 Å². The van der Waals surface area contributed by atoms with Gasteiger partial charge in [-0.25, -0.2) is 0 Å². The molecule has 0 aliphatic carbocycles. The zero-order valence-corrected chi connectivity index (χ0v) is 4.46. The Kier molecular flexibility index (Phi) is 4.20. The van der Waals surface area contributed by atoms with Crippen LogP contribution in [-0.2, 0) is 20.2 Å². The first-order chi connectivity index (χ1) is 2.00. The fraction of sp³-hybridized carbons (Fsp3) is 0. The first-order valence-electron chi connectivity index (χ1n) is 0.698. The van der Waals surface area contributed by atoms with Crippen LogP contribution in [0, 0.1) is 0 Å². The van der Waals surface area contributed by atoms with Gasteiger partial charge in [0, 0.05) is 11.2 Å². The molecule has 0 aliphatic heterocycles. The molecule has 0 saturated heterocycles. The molecule has 0 atom stereocenters. The molecule has 36 valence electrons. The SMILES string of the molecule is O=S(O)(O)=S.[Be+2].[H-].[H-]. The van der Waals surface area contributed by atoms with Gasteiger partial charge in [0.1, 0.15) is 0 Å². The van der Waals surface area contributed by atoms with Crippen molar-refractivity contribution < 1.29 is 16.2 Å². The van der Waals surface area contributed by atoms with Crippen LogP contribution in [0.1, 0.15) is 2.85 Å². The van der Waals surface area contributed by atoms with Crippen LogP contribution in [0.2, 0.25) is 0 Å². The van der Waals surface area contributed by atoms with Crippen molar-refractivity contribution in [3.63, 3.8) is 0 Å². The second kappa shape index (κ2) is 2.60. The van der Waals surface area contributed by atoms with Crippen LogP contribution in [0.25, 0.3) is 0 Å². The molecule has 3 nitrogen and oxygen atoms in total. The van der Waals surface area contributed by atoms with E-state index in [2.05, 4.69) is 11.2 Å². The van der Waals surface area contributed by atoms with E-state index < -0.39 is 9.05 Å². The third kappa shape index (κ3) is 253. The van der Waals surface area contributed by atoms with Gasteiger partial charge in [0.25, 0.3) is 9.05 Å². The molecular formula is H4BeO3S2. The van der Waals surface area contributed by atoms with E-state index >= 15 is 0 Å². The molecular weight excluding hydrogens is 121 g/mol. The summed E-state index contributed by atoms with van der Waals surface area (Å²) in [6, 6.07) is 0. The Morgan fingerprint density at radius 3 is 1.67 bits per heavy atom. The largest absolute Gasteiger partial charge is 2.00 e. The smallest absolute Gasteiger partial charge is 1.00 e. The Morgan fingerprint density at radius 2 is 1.67 bits per heavy atom. The summed E-state index contributed by atoms with van der Waals surface area (Å²) in [4.78, 5) is 0. The van der Waals surface area contributed by atoms with E-state index in [0.717, 1.165) is 0 Å². The first kappa shape index (κ1) is 9.68. The second-order valence-corrected chi connectivity index (χ2v) is 2.65. The fourth-order valence-electron chi connectivity index (χ4n) is 0. The molecule has 0 radical (unpaired) electrons. The Bertz CT molecular complexity index is 98.5. The van der Waals surface area contributed by atoms with Crippen molar-refractivity contribution in [1.82, 2.24) is 0 Å². The van der Waals surface area contributed by atoms with Crippen LogP contribution < -0.4 is 0 Å². The van der Waals surface area contributed by atoms with Gasteiger partial charge in [-0.05, 0) is 0 Å². The van der Waals surface area contributed by atoms with Gasteiger partial charge in [-0.2, -0.15) is 4.21 Å². The molecule has 0 spiro atoms. The quantitative estimate of drug-likeness (QED) is 0.429. The van der Waals surface area contributed by atoms with Gasteiger partial charge in [-0.1, -0.05) is 0 Å². The van der Waals surface area contributed by atoms with E-state index in [0.29, 0.717) is 0 Å². The summed E-state index contributed by atoms with van der Waals surface area (Å²) in [5.41, 5.74) is 0. The van der Waals surface area contributed by atoms with E-state index in [1.807, 2.05) is 0 Å². The first-order valence-corrected chi connectivity index (χ1v) is 3.10. The third-order valence-corrected chi connectivity index (χ3v) is 0. The van der Waals surface area contributed by atoms with Crippen LogP contribution in [0.15, 0.2) is 0 Å². The van der Waals surface area contributed by atoms with Gasteiger partial charge in [0.15, 0.2) is 0 Å². The van der Waals surface area contributed by atoms with Crippen molar-refractivity contribution in [2.75, 3.05) is 0 Å². The fourth-order valence-corrected chi connectivity index (χ4v) is 0. The zero-order valence-electron chi connectivity index (χ0n) is 4.83. The third-order valence-electron chi connectivity index (χ3n) is 0. The number of rotatable bonds is 0. The number of hydrogen-bond acceptors (Lipinski definition) is 2. The monoisotopic (exact) mass is 125 g/mol. The van der Waals surface area contributed by atoms with Crippen molar-refractivity contribution >= 4 is 30.4 Å². The van der Waals surface area contributed by atoms with Crippen molar-refractivity contribution in [3.8, 4) is 0 Å². The molecule has 0 bridgehead atoms. The van der Waals surface area contributed by atoms with Crippen molar-refractivity contribution in [2.45, 2.75) is 0 Å². The van der Waals surface area contributed by atoms with Crippen LogP contribution in [0.5, 0.6) is 0 Å². The Hall–Kier alpha value is 0.459. The van der Waals surface area contributed by atoms with Gasteiger partial charge < -0.3 is 2.85 Å². The summed E-state index contributed by atoms with van der Waals surface area (Å²) in [7, 11) is -3.83. The second-order valence-electron chi connectivity index (χ2n) is 0.448. The standard InChI is InChI=1S/Be.H2O3S2.2H/c;1-5(2,3)4;;/h;(H2,1,2,3,4);;/q+2;;2*-1. The molecule has 0 unspecified atom stereocenters. The normalized spacial score (nSPS) is 9.67. The number of hydrogen-bond donors (Lipinski definition) is 2. The maximum absolute atomic E-state index is 9.11. The molecule has 0 aromatic rings. The van der Waals surface area contributed by atoms with Gasteiger partial charge in [0.05, 0.1) is 0 Å². The van der Waals surface area contributed by atoms with E-state index in [-0.39, 0.29) is 13.0 Å². The predicted octanol–water partition coefficient (Wildman–Crippen LogP) is -0.477. The zero-order chi connectivity index (χ0) is 4.50. The van der Waals surface area contributed by atoms with Crippen LogP contribution in [0.3, 0.4) is 0 Å². The minimum absolute atomic E-state index is 0. The molecule has 6 heteroatoms. The predicted molar refractivity (Wildman–Crippen MR) is 28.7 cm³/mol. The molecule has 0 aromatic heterocycles. The molecule has 0 amide bonds. The van der Waals surface area contributed by atoms with E-state index in [1.165, 1.54) is 0 Å². The van der Waals surface area contributed by atoms with Gasteiger partial charge in [-0.15, -0.1) is 0 Å². The van der Waals surface area contributed by atoms with Crippen LogP contribution in [-0.4, -0.2) is 23.4 Å². The Balaban J connectivity index is -0.0000000267. The van der Waals surface area contributed by atoms with Crippen LogP contribution in [0.4, 0.5) is 0 Å². The topological polar surface area (TPSA) is 57.5 Å². The Morgan fingerprint density at radius 1 is 1.67 bits per heavy atom. The summed E-state index contributed by atoms with van der Waals surface area (Å²) in [6.45, 7) is 0. The summed E-state index contributed by atoms with van der Waals surface area (Å²) in [5.74, 6) is 0. The molecule has 6 heavy (non-hydrogen) atoms. The van der Waals surface area contributed by atoms with Crippen molar-refractivity contribution in [2.24, 2.45) is 0 Å². The minimum Gasteiger partial charge on any atom is -1.00 e. The van der Waals surface area contributed by atoms with E-state index in [9.17, 15) is 0 Å². The van der Waals surface area contributed by atoms with Gasteiger partial charge in [0.2, 0.25) is 0 Å². The average molecular weight is 125 g/mol. The molecule has 0 saturated carbocycles. The molecule has 0 rings (SSSR count). The van der Waals surface area contributed by atoms with E-state index in [1.54, 1.807) is 0 Å².